The van der Waals surface area contributed by atoms with Gasteiger partial charge in [0.25, 0.3) is 0 Å². The molecule has 0 unspecified atom stereocenters. The van der Waals surface area contributed by atoms with Crippen molar-refractivity contribution in [3.8, 4) is 0 Å². The third-order valence-corrected chi connectivity index (χ3v) is 3.36. The summed E-state index contributed by atoms with van der Waals surface area (Å²) < 4.78 is 10.9. The second-order valence-electron chi connectivity index (χ2n) is 6.78. The number of ether oxygens (including phenoxy) is 2. The molecule has 0 spiro atoms. The molecular weight excluding hydrogens is 292 g/mol. The van der Waals surface area contributed by atoms with Crippen LogP contribution in [0, 0.1) is 5.92 Å². The van der Waals surface area contributed by atoms with E-state index < -0.39 is 17.4 Å². The second-order valence-corrected chi connectivity index (χ2v) is 6.78. The van der Waals surface area contributed by atoms with Crippen LogP contribution in [0.4, 0.5) is 0 Å². The summed E-state index contributed by atoms with van der Waals surface area (Å²) >= 11 is 0. The predicted octanol–water partition coefficient (Wildman–Crippen LogP) is 3.87. The molecule has 1 aromatic carbocycles. The van der Waals surface area contributed by atoms with Crippen LogP contribution in [0.5, 0.6) is 0 Å². The highest BCUT2D eigenvalue weighted by atomic mass is 16.6. The van der Waals surface area contributed by atoms with Crippen molar-refractivity contribution in [1.29, 1.82) is 0 Å². The Hall–Kier alpha value is -1.84. The van der Waals surface area contributed by atoms with Crippen LogP contribution in [0.1, 0.15) is 53.5 Å². The van der Waals surface area contributed by atoms with Crippen molar-refractivity contribution in [3.05, 3.63) is 35.9 Å². The Balaban J connectivity index is 3.44. The first-order valence-corrected chi connectivity index (χ1v) is 8.17. The summed E-state index contributed by atoms with van der Waals surface area (Å²) in [6.07, 6.45) is -0.261. The Labute approximate surface area is 139 Å². The average molecular weight is 320 g/mol. The van der Waals surface area contributed by atoms with E-state index in [9.17, 15) is 9.59 Å². The molecule has 4 nitrogen and oxygen atoms in total. The van der Waals surface area contributed by atoms with Crippen LogP contribution in [0.25, 0.3) is 0 Å². The van der Waals surface area contributed by atoms with E-state index in [4.69, 9.17) is 9.47 Å². The van der Waals surface area contributed by atoms with E-state index in [0.29, 0.717) is 12.0 Å². The molecule has 0 heterocycles. The number of hydrogen-bond acceptors (Lipinski definition) is 4. The van der Waals surface area contributed by atoms with Gasteiger partial charge < -0.3 is 9.47 Å². The van der Waals surface area contributed by atoms with Crippen molar-refractivity contribution in [3.63, 3.8) is 0 Å². The lowest BCUT2D eigenvalue weighted by molar-refractivity contribution is -0.170. The molecule has 23 heavy (non-hydrogen) atoms. The summed E-state index contributed by atoms with van der Waals surface area (Å²) in [6, 6.07) is 9.05. The van der Waals surface area contributed by atoms with Gasteiger partial charge in [-0.1, -0.05) is 44.2 Å². The van der Waals surface area contributed by atoms with Crippen molar-refractivity contribution < 1.29 is 19.1 Å². The smallest absolute Gasteiger partial charge is 0.328 e. The molecule has 128 valence electrons. The van der Waals surface area contributed by atoms with Gasteiger partial charge in [0.1, 0.15) is 0 Å². The van der Waals surface area contributed by atoms with Crippen LogP contribution in [0.2, 0.25) is 0 Å². The molecule has 0 fully saturated rings. The minimum absolute atomic E-state index is 0.120. The highest BCUT2D eigenvalue weighted by Gasteiger charge is 2.51. The topological polar surface area (TPSA) is 52.6 Å². The van der Waals surface area contributed by atoms with Gasteiger partial charge in [-0.05, 0) is 45.6 Å². The monoisotopic (exact) mass is 320 g/mol. The lowest BCUT2D eigenvalue weighted by Crippen LogP contribution is -2.48. The number of carbonyl (C=O) groups excluding carboxylic acids is 2. The quantitative estimate of drug-likeness (QED) is 0.565. The van der Waals surface area contributed by atoms with Gasteiger partial charge in [-0.3, -0.25) is 9.59 Å². The van der Waals surface area contributed by atoms with Crippen molar-refractivity contribution in [2.75, 3.05) is 0 Å². The minimum Gasteiger partial charge on any atom is -0.462 e. The summed E-state index contributed by atoms with van der Waals surface area (Å²) in [5.41, 5.74) is -0.811. The zero-order chi connectivity index (χ0) is 17.6. The fourth-order valence-corrected chi connectivity index (χ4v) is 2.57. The molecule has 0 saturated carbocycles. The van der Waals surface area contributed by atoms with Crippen molar-refractivity contribution >= 4 is 11.9 Å². The fraction of sp³-hybridized carbons (Fsp3) is 0.579. The molecule has 0 N–H and O–H groups in total. The molecule has 0 bridgehead atoms. The number of hydrogen-bond donors (Lipinski definition) is 0. The number of esters is 2. The Morgan fingerprint density at radius 3 is 1.65 bits per heavy atom. The van der Waals surface area contributed by atoms with Gasteiger partial charge in [-0.2, -0.15) is 0 Å². The molecule has 0 saturated heterocycles. The van der Waals surface area contributed by atoms with Crippen LogP contribution in [0.3, 0.4) is 0 Å². The Morgan fingerprint density at radius 2 is 1.30 bits per heavy atom. The molecule has 0 aromatic heterocycles. The highest BCUT2D eigenvalue weighted by Crippen LogP contribution is 2.35. The SMILES string of the molecule is CC(C)CC(C(=O)OC(C)C)(C(=O)OC(C)C)c1ccccc1. The van der Waals surface area contributed by atoms with E-state index in [0.717, 1.165) is 0 Å². The normalized spacial score (nSPS) is 11.9. The lowest BCUT2D eigenvalue weighted by Gasteiger charge is -2.32. The minimum atomic E-state index is -1.43. The molecule has 0 aliphatic heterocycles. The van der Waals surface area contributed by atoms with E-state index in [2.05, 4.69) is 0 Å². The zero-order valence-electron chi connectivity index (χ0n) is 15.0. The van der Waals surface area contributed by atoms with Crippen LogP contribution >= 0.6 is 0 Å². The summed E-state index contributed by atoms with van der Waals surface area (Å²) in [5, 5.41) is 0. The maximum atomic E-state index is 12.9. The van der Waals surface area contributed by atoms with Crippen molar-refractivity contribution in [2.45, 2.75) is 65.6 Å². The maximum absolute atomic E-state index is 12.9. The van der Waals surface area contributed by atoms with E-state index >= 15 is 0 Å². The molecule has 0 atom stereocenters. The number of benzene rings is 1. The number of carbonyl (C=O) groups is 2. The molecule has 0 aliphatic rings. The van der Waals surface area contributed by atoms with Crippen LogP contribution in [-0.2, 0) is 24.5 Å². The third kappa shape index (κ3) is 4.81. The number of rotatable bonds is 7. The predicted molar refractivity (Wildman–Crippen MR) is 90.0 cm³/mol. The van der Waals surface area contributed by atoms with Gasteiger partial charge >= 0.3 is 11.9 Å². The lowest BCUT2D eigenvalue weighted by atomic mass is 9.74. The van der Waals surface area contributed by atoms with Crippen LogP contribution < -0.4 is 0 Å². The first-order valence-electron chi connectivity index (χ1n) is 8.17. The Kier molecular flexibility index (Phi) is 6.79. The second kappa shape index (κ2) is 8.14. The fourth-order valence-electron chi connectivity index (χ4n) is 2.57. The first-order chi connectivity index (χ1) is 10.7. The summed E-state index contributed by atoms with van der Waals surface area (Å²) in [6.45, 7) is 11.0. The Morgan fingerprint density at radius 1 is 0.870 bits per heavy atom. The largest absolute Gasteiger partial charge is 0.462 e. The van der Waals surface area contributed by atoms with E-state index in [1.807, 2.05) is 32.0 Å². The summed E-state index contributed by atoms with van der Waals surface area (Å²) in [5.74, 6) is -0.967. The standard InChI is InChI=1S/C19H28O4/c1-13(2)12-19(17(20)22-14(3)4,18(21)23-15(5)6)16-10-8-7-9-11-16/h7-11,13-15H,12H2,1-6H3. The van der Waals surface area contributed by atoms with Gasteiger partial charge in [0.15, 0.2) is 5.41 Å². The first kappa shape index (κ1) is 19.2. The Bertz CT molecular complexity index is 495. The zero-order valence-corrected chi connectivity index (χ0v) is 15.0. The molecule has 0 radical (unpaired) electrons. The third-order valence-electron chi connectivity index (χ3n) is 3.36. The highest BCUT2D eigenvalue weighted by molar-refractivity contribution is 6.06. The van der Waals surface area contributed by atoms with Gasteiger partial charge in [0, 0.05) is 0 Å². The molecule has 4 heteroatoms. The van der Waals surface area contributed by atoms with E-state index in [1.165, 1.54) is 0 Å². The maximum Gasteiger partial charge on any atom is 0.328 e. The molecular formula is C19H28O4. The van der Waals surface area contributed by atoms with Crippen molar-refractivity contribution in [1.82, 2.24) is 0 Å². The van der Waals surface area contributed by atoms with E-state index in [-0.39, 0.29) is 18.1 Å². The van der Waals surface area contributed by atoms with Crippen molar-refractivity contribution in [2.24, 2.45) is 5.92 Å². The summed E-state index contributed by atoms with van der Waals surface area (Å²) in [4.78, 5) is 25.8. The van der Waals surface area contributed by atoms with Gasteiger partial charge in [0.05, 0.1) is 12.2 Å². The average Bonchev–Trinajstić information content (AvgIpc) is 2.43. The van der Waals surface area contributed by atoms with Gasteiger partial charge in [0.2, 0.25) is 0 Å². The van der Waals surface area contributed by atoms with Crippen LogP contribution in [-0.4, -0.2) is 24.1 Å². The molecule has 0 amide bonds. The molecule has 1 aromatic rings. The van der Waals surface area contributed by atoms with Gasteiger partial charge in [-0.25, -0.2) is 0 Å². The summed E-state index contributed by atoms with van der Waals surface area (Å²) in [7, 11) is 0. The van der Waals surface area contributed by atoms with Gasteiger partial charge in [-0.15, -0.1) is 0 Å². The van der Waals surface area contributed by atoms with Crippen LogP contribution in [0.15, 0.2) is 30.3 Å². The van der Waals surface area contributed by atoms with E-state index in [1.54, 1.807) is 39.8 Å². The molecule has 1 rings (SSSR count). The molecule has 0 aliphatic carbocycles.